The lowest BCUT2D eigenvalue weighted by Crippen LogP contribution is -2.25. The summed E-state index contributed by atoms with van der Waals surface area (Å²) in [5.41, 5.74) is 4.54. The van der Waals surface area contributed by atoms with E-state index < -0.39 is 5.97 Å². The number of ether oxygens (including phenoxy) is 1. The molecule has 0 radical (unpaired) electrons. The van der Waals surface area contributed by atoms with Crippen molar-refractivity contribution >= 4 is 34.6 Å². The van der Waals surface area contributed by atoms with Crippen molar-refractivity contribution in [3.63, 3.8) is 0 Å². The Hall–Kier alpha value is -3.67. The maximum Gasteiger partial charge on any atom is 0.337 e. The van der Waals surface area contributed by atoms with Crippen LogP contribution in [0.1, 0.15) is 15.9 Å². The van der Waals surface area contributed by atoms with E-state index in [1.54, 1.807) is 24.3 Å². The third-order valence-corrected chi connectivity index (χ3v) is 3.94. The highest BCUT2D eigenvalue weighted by atomic mass is 16.5. The predicted molar refractivity (Wildman–Crippen MR) is 106 cm³/mol. The highest BCUT2D eigenvalue weighted by Gasteiger charge is 2.04. The first-order chi connectivity index (χ1) is 13.2. The Balaban J connectivity index is 1.50. The van der Waals surface area contributed by atoms with Crippen molar-refractivity contribution in [1.82, 2.24) is 5.43 Å². The van der Waals surface area contributed by atoms with Gasteiger partial charge in [0.15, 0.2) is 0 Å². The van der Waals surface area contributed by atoms with Gasteiger partial charge in [-0.3, -0.25) is 4.79 Å². The number of nitrogens with zero attached hydrogens (tertiary/aromatic N) is 1. The number of rotatable bonds is 6. The van der Waals surface area contributed by atoms with E-state index in [0.29, 0.717) is 5.56 Å². The number of hydrogen-bond donors (Lipinski definition) is 2. The van der Waals surface area contributed by atoms with Crippen molar-refractivity contribution in [3.8, 4) is 0 Å². The molecule has 3 aromatic carbocycles. The van der Waals surface area contributed by atoms with Crippen LogP contribution in [-0.2, 0) is 9.53 Å². The molecule has 0 aliphatic heterocycles. The Bertz CT molecular complexity index is 981. The lowest BCUT2D eigenvalue weighted by atomic mass is 10.1. The predicted octanol–water partition coefficient (Wildman–Crippen LogP) is 3.19. The Morgan fingerprint density at radius 1 is 1.00 bits per heavy atom. The fourth-order valence-electron chi connectivity index (χ4n) is 2.52. The number of amides is 1. The van der Waals surface area contributed by atoms with Crippen molar-refractivity contribution < 1.29 is 14.3 Å². The van der Waals surface area contributed by atoms with E-state index in [-0.39, 0.29) is 12.5 Å². The molecule has 0 unspecified atom stereocenters. The third kappa shape index (κ3) is 4.92. The molecule has 0 heterocycles. The first-order valence-corrected chi connectivity index (χ1v) is 8.38. The van der Waals surface area contributed by atoms with E-state index in [1.807, 2.05) is 42.5 Å². The van der Waals surface area contributed by atoms with Crippen molar-refractivity contribution in [2.45, 2.75) is 0 Å². The Morgan fingerprint density at radius 3 is 2.48 bits per heavy atom. The maximum atomic E-state index is 11.9. The van der Waals surface area contributed by atoms with E-state index in [9.17, 15) is 9.59 Å². The topological polar surface area (TPSA) is 79.8 Å². The van der Waals surface area contributed by atoms with Crippen LogP contribution in [0.25, 0.3) is 10.8 Å². The van der Waals surface area contributed by atoms with Gasteiger partial charge in [-0.05, 0) is 40.6 Å². The van der Waals surface area contributed by atoms with E-state index in [1.165, 1.54) is 13.3 Å². The Morgan fingerprint density at radius 2 is 1.74 bits per heavy atom. The summed E-state index contributed by atoms with van der Waals surface area (Å²) in [6, 6.07) is 20.7. The number of nitrogens with one attached hydrogen (secondary N) is 2. The molecule has 136 valence electrons. The summed E-state index contributed by atoms with van der Waals surface area (Å²) in [5.74, 6) is -0.655. The van der Waals surface area contributed by atoms with E-state index in [4.69, 9.17) is 0 Å². The second kappa shape index (κ2) is 8.62. The van der Waals surface area contributed by atoms with E-state index in [0.717, 1.165) is 22.0 Å². The molecule has 2 N–H and O–H groups in total. The number of benzene rings is 3. The average molecular weight is 361 g/mol. The van der Waals surface area contributed by atoms with E-state index in [2.05, 4.69) is 20.6 Å². The van der Waals surface area contributed by atoms with Crippen LogP contribution < -0.4 is 10.7 Å². The number of methoxy groups -OCH3 is 1. The van der Waals surface area contributed by atoms with Crippen LogP contribution in [0.5, 0.6) is 0 Å². The largest absolute Gasteiger partial charge is 0.465 e. The summed E-state index contributed by atoms with van der Waals surface area (Å²) >= 11 is 0. The minimum absolute atomic E-state index is 0.108. The molecule has 3 rings (SSSR count). The van der Waals surface area contributed by atoms with Gasteiger partial charge in [0.1, 0.15) is 0 Å². The molecule has 6 heteroatoms. The van der Waals surface area contributed by atoms with Crippen LogP contribution in [0, 0.1) is 0 Å². The molecule has 0 aliphatic rings. The molecular formula is C21H19N3O3. The fourth-order valence-corrected chi connectivity index (χ4v) is 2.52. The zero-order chi connectivity index (χ0) is 19.1. The van der Waals surface area contributed by atoms with E-state index >= 15 is 0 Å². The molecule has 6 nitrogen and oxygen atoms in total. The summed E-state index contributed by atoms with van der Waals surface area (Å²) in [5, 5.41) is 9.25. The summed E-state index contributed by atoms with van der Waals surface area (Å²) in [7, 11) is 1.33. The minimum Gasteiger partial charge on any atom is -0.465 e. The molecule has 0 fully saturated rings. The number of hydrazone groups is 1. The molecule has 27 heavy (non-hydrogen) atoms. The van der Waals surface area contributed by atoms with Gasteiger partial charge in [0.25, 0.3) is 5.91 Å². The Kier molecular flexibility index (Phi) is 5.79. The number of anilines is 1. The van der Waals surface area contributed by atoms with Gasteiger partial charge in [-0.25, -0.2) is 10.2 Å². The van der Waals surface area contributed by atoms with Gasteiger partial charge in [-0.15, -0.1) is 0 Å². The molecule has 0 atom stereocenters. The highest BCUT2D eigenvalue weighted by Crippen LogP contribution is 2.18. The summed E-state index contributed by atoms with van der Waals surface area (Å²) in [6.07, 6.45) is 1.51. The van der Waals surface area contributed by atoms with Crippen LogP contribution in [0.2, 0.25) is 0 Å². The van der Waals surface area contributed by atoms with Crippen LogP contribution in [0.15, 0.2) is 71.8 Å². The molecule has 1 amide bonds. The number of hydrogen-bond acceptors (Lipinski definition) is 5. The highest BCUT2D eigenvalue weighted by molar-refractivity contribution is 5.91. The van der Waals surface area contributed by atoms with Crippen molar-refractivity contribution in [2.75, 3.05) is 19.0 Å². The Labute approximate surface area is 156 Å². The molecule has 0 saturated carbocycles. The van der Waals surface area contributed by atoms with Gasteiger partial charge in [-0.2, -0.15) is 5.10 Å². The molecule has 0 aromatic heterocycles. The smallest absolute Gasteiger partial charge is 0.337 e. The number of fused-ring (bicyclic) bond motifs is 1. The second-order valence-corrected chi connectivity index (χ2v) is 5.82. The molecule has 0 saturated heterocycles. The molecule has 3 aromatic rings. The minimum atomic E-state index is -0.397. The standard InChI is InChI=1S/C21H19N3O3/c1-27-21(26)17-8-6-15(7-9-17)13-23-24-20(25)14-22-19-11-10-16-4-2-3-5-18(16)12-19/h2-13,22H,14H2,1H3,(H,24,25). The SMILES string of the molecule is COC(=O)c1ccc(C=NNC(=O)CNc2ccc3ccccc3c2)cc1. The van der Waals surface area contributed by atoms with Gasteiger partial charge >= 0.3 is 5.97 Å². The summed E-state index contributed by atoms with van der Waals surface area (Å²) in [6.45, 7) is 0.108. The van der Waals surface area contributed by atoms with Gasteiger partial charge < -0.3 is 10.1 Å². The second-order valence-electron chi connectivity index (χ2n) is 5.82. The summed E-state index contributed by atoms with van der Waals surface area (Å²) < 4.78 is 4.64. The molecule has 0 bridgehead atoms. The van der Waals surface area contributed by atoms with Crippen LogP contribution in [0.4, 0.5) is 5.69 Å². The first-order valence-electron chi connectivity index (χ1n) is 8.38. The van der Waals surface area contributed by atoms with Crippen LogP contribution in [0.3, 0.4) is 0 Å². The maximum absolute atomic E-state index is 11.9. The molecule has 0 spiro atoms. The third-order valence-electron chi connectivity index (χ3n) is 3.94. The zero-order valence-corrected chi connectivity index (χ0v) is 14.8. The lowest BCUT2D eigenvalue weighted by molar-refractivity contribution is -0.119. The number of carbonyl (C=O) groups excluding carboxylic acids is 2. The van der Waals surface area contributed by atoms with Crippen molar-refractivity contribution in [2.24, 2.45) is 5.10 Å². The van der Waals surface area contributed by atoms with Gasteiger partial charge in [-0.1, -0.05) is 42.5 Å². The summed E-state index contributed by atoms with van der Waals surface area (Å²) in [4.78, 5) is 23.3. The normalized spacial score (nSPS) is 10.7. The molecule has 0 aliphatic carbocycles. The van der Waals surface area contributed by atoms with Crippen molar-refractivity contribution in [1.29, 1.82) is 0 Å². The number of esters is 1. The quantitative estimate of drug-likeness (QED) is 0.401. The first kappa shape index (κ1) is 18.1. The fraction of sp³-hybridized carbons (Fsp3) is 0.0952. The number of carbonyl (C=O) groups is 2. The van der Waals surface area contributed by atoms with Gasteiger partial charge in [0.05, 0.1) is 25.4 Å². The monoisotopic (exact) mass is 361 g/mol. The van der Waals surface area contributed by atoms with Crippen LogP contribution in [-0.4, -0.2) is 31.7 Å². The van der Waals surface area contributed by atoms with Crippen LogP contribution >= 0.6 is 0 Å². The average Bonchev–Trinajstić information content (AvgIpc) is 2.72. The zero-order valence-electron chi connectivity index (χ0n) is 14.8. The lowest BCUT2D eigenvalue weighted by Gasteiger charge is -2.06. The molecular weight excluding hydrogens is 342 g/mol. The van der Waals surface area contributed by atoms with Gasteiger partial charge in [0, 0.05) is 5.69 Å². The van der Waals surface area contributed by atoms with Gasteiger partial charge in [0.2, 0.25) is 0 Å². The van der Waals surface area contributed by atoms with Crippen molar-refractivity contribution in [3.05, 3.63) is 77.9 Å².